The van der Waals surface area contributed by atoms with Crippen molar-refractivity contribution in [1.82, 2.24) is 4.98 Å². The highest BCUT2D eigenvalue weighted by Crippen LogP contribution is 2.33. The maximum absolute atomic E-state index is 13.2. The fourth-order valence-electron chi connectivity index (χ4n) is 3.80. The van der Waals surface area contributed by atoms with Crippen LogP contribution in [0.15, 0.2) is 60.9 Å². The molecule has 1 aliphatic rings. The molecule has 0 saturated heterocycles. The number of hydrogen-bond donors (Lipinski definition) is 1. The third kappa shape index (κ3) is 3.19. The Morgan fingerprint density at radius 1 is 1.07 bits per heavy atom. The molecular weight excluding hydrogens is 334 g/mol. The van der Waals surface area contributed by atoms with Crippen molar-refractivity contribution >= 4 is 23.0 Å². The third-order valence-electron chi connectivity index (χ3n) is 5.16. The van der Waals surface area contributed by atoms with Crippen molar-refractivity contribution in [2.45, 2.75) is 33.2 Å². The van der Waals surface area contributed by atoms with E-state index in [0.717, 1.165) is 34.6 Å². The molecule has 1 aromatic heterocycles. The summed E-state index contributed by atoms with van der Waals surface area (Å²) in [5.41, 5.74) is 7.01. The zero-order chi connectivity index (χ0) is 19.0. The summed E-state index contributed by atoms with van der Waals surface area (Å²) in [6.07, 6.45) is 4.28. The smallest absolute Gasteiger partial charge is 0.260 e. The number of para-hydroxylation sites is 2. The topological polar surface area (TPSA) is 45.2 Å². The summed E-state index contributed by atoms with van der Waals surface area (Å²) in [5, 5.41) is 3.42. The average molecular weight is 357 g/mol. The zero-order valence-electron chi connectivity index (χ0n) is 15.9. The number of aromatic nitrogens is 1. The number of aryl methyl sites for hydroxylation is 2. The Balaban J connectivity index is 1.64. The summed E-state index contributed by atoms with van der Waals surface area (Å²) in [7, 11) is 0. The number of rotatable bonds is 3. The molecule has 0 fully saturated rings. The lowest BCUT2D eigenvalue weighted by atomic mass is 10.1. The molecule has 3 aromatic rings. The van der Waals surface area contributed by atoms with Crippen LogP contribution in [0.4, 0.5) is 17.1 Å². The summed E-state index contributed by atoms with van der Waals surface area (Å²) in [6, 6.07) is 16.3. The zero-order valence-corrected chi connectivity index (χ0v) is 15.9. The molecular formula is C23H23N3O. The number of amides is 1. The van der Waals surface area contributed by atoms with Gasteiger partial charge in [0.25, 0.3) is 5.91 Å². The molecule has 4 heteroatoms. The molecule has 1 unspecified atom stereocenters. The van der Waals surface area contributed by atoms with E-state index in [0.29, 0.717) is 5.56 Å². The van der Waals surface area contributed by atoms with Crippen LogP contribution < -0.4 is 10.2 Å². The Labute approximate surface area is 159 Å². The van der Waals surface area contributed by atoms with Gasteiger partial charge in [-0.25, -0.2) is 0 Å². The Hall–Kier alpha value is -3.14. The van der Waals surface area contributed by atoms with Crippen molar-refractivity contribution in [3.8, 4) is 0 Å². The first-order valence-electron chi connectivity index (χ1n) is 9.24. The van der Waals surface area contributed by atoms with Gasteiger partial charge < -0.3 is 10.2 Å². The minimum absolute atomic E-state index is 0.00916. The highest BCUT2D eigenvalue weighted by molar-refractivity contribution is 6.08. The highest BCUT2D eigenvalue weighted by Gasteiger charge is 2.31. The largest absolute Gasteiger partial charge is 0.354 e. The van der Waals surface area contributed by atoms with E-state index in [1.807, 2.05) is 35.2 Å². The van der Waals surface area contributed by atoms with Gasteiger partial charge in [0.05, 0.1) is 17.4 Å². The number of nitrogens with one attached hydrogen (secondary N) is 1. The second kappa shape index (κ2) is 6.88. The summed E-state index contributed by atoms with van der Waals surface area (Å²) < 4.78 is 0. The van der Waals surface area contributed by atoms with Crippen LogP contribution in [-0.2, 0) is 6.42 Å². The van der Waals surface area contributed by atoms with Crippen LogP contribution in [0.1, 0.15) is 34.0 Å². The minimum atomic E-state index is -0.00916. The number of pyridine rings is 1. The lowest BCUT2D eigenvalue weighted by Gasteiger charge is -2.23. The van der Waals surface area contributed by atoms with Crippen molar-refractivity contribution in [3.63, 3.8) is 0 Å². The maximum Gasteiger partial charge on any atom is 0.260 e. The predicted octanol–water partition coefficient (Wildman–Crippen LogP) is 5.03. The van der Waals surface area contributed by atoms with Crippen molar-refractivity contribution in [2.24, 2.45) is 0 Å². The van der Waals surface area contributed by atoms with Crippen LogP contribution in [0.2, 0.25) is 0 Å². The molecule has 0 saturated carbocycles. The van der Waals surface area contributed by atoms with E-state index in [4.69, 9.17) is 0 Å². The first-order chi connectivity index (χ1) is 13.0. The van der Waals surface area contributed by atoms with Gasteiger partial charge in [-0.3, -0.25) is 9.78 Å². The van der Waals surface area contributed by atoms with Crippen LogP contribution >= 0.6 is 0 Å². The average Bonchev–Trinajstić information content (AvgIpc) is 3.00. The lowest BCUT2D eigenvalue weighted by molar-refractivity contribution is 0.0981. The Kier molecular flexibility index (Phi) is 4.40. The molecule has 1 amide bonds. The van der Waals surface area contributed by atoms with E-state index in [1.165, 1.54) is 5.56 Å². The van der Waals surface area contributed by atoms with E-state index in [1.54, 1.807) is 12.4 Å². The lowest BCUT2D eigenvalue weighted by Crippen LogP contribution is -2.35. The summed E-state index contributed by atoms with van der Waals surface area (Å²) in [6.45, 7) is 6.23. The van der Waals surface area contributed by atoms with Gasteiger partial charge in [-0.2, -0.15) is 0 Å². The van der Waals surface area contributed by atoms with Crippen LogP contribution in [0.25, 0.3) is 0 Å². The SMILES string of the molecule is Cc1cccc(C)c1Nc1cncc(C(=O)N2c3ccccc3CC2C)c1. The van der Waals surface area contributed by atoms with Crippen LogP contribution in [0.5, 0.6) is 0 Å². The number of nitrogens with zero attached hydrogens (tertiary/aromatic N) is 2. The standard InChI is InChI=1S/C23H23N3O/c1-15-7-6-8-16(2)22(15)25-20-12-19(13-24-14-20)23(27)26-17(3)11-18-9-4-5-10-21(18)26/h4-10,12-14,17,25H,11H2,1-3H3. The van der Waals surface area contributed by atoms with Crippen molar-refractivity contribution in [1.29, 1.82) is 0 Å². The Morgan fingerprint density at radius 2 is 1.81 bits per heavy atom. The number of fused-ring (bicyclic) bond motifs is 1. The molecule has 0 bridgehead atoms. The molecule has 1 N–H and O–H groups in total. The molecule has 1 atom stereocenters. The van der Waals surface area contributed by atoms with Gasteiger partial charge in [0, 0.05) is 23.6 Å². The van der Waals surface area contributed by atoms with Crippen molar-refractivity contribution < 1.29 is 4.79 Å². The van der Waals surface area contributed by atoms with Gasteiger partial charge in [0.1, 0.15) is 0 Å². The van der Waals surface area contributed by atoms with Crippen molar-refractivity contribution in [3.05, 3.63) is 83.2 Å². The second-order valence-corrected chi connectivity index (χ2v) is 7.21. The van der Waals surface area contributed by atoms with Crippen LogP contribution in [0.3, 0.4) is 0 Å². The number of carbonyl (C=O) groups excluding carboxylic acids is 1. The fraction of sp³-hybridized carbons (Fsp3) is 0.217. The van der Waals surface area contributed by atoms with Gasteiger partial charge in [0.2, 0.25) is 0 Å². The van der Waals surface area contributed by atoms with E-state index >= 15 is 0 Å². The van der Waals surface area contributed by atoms with Crippen LogP contribution in [0, 0.1) is 13.8 Å². The molecule has 0 spiro atoms. The number of anilines is 3. The Morgan fingerprint density at radius 3 is 2.59 bits per heavy atom. The fourth-order valence-corrected chi connectivity index (χ4v) is 3.80. The van der Waals surface area contributed by atoms with Gasteiger partial charge in [-0.15, -0.1) is 0 Å². The highest BCUT2D eigenvalue weighted by atomic mass is 16.2. The predicted molar refractivity (Wildman–Crippen MR) is 110 cm³/mol. The number of benzene rings is 2. The number of carbonyl (C=O) groups is 1. The van der Waals surface area contributed by atoms with Crippen LogP contribution in [-0.4, -0.2) is 16.9 Å². The van der Waals surface area contributed by atoms with Gasteiger partial charge in [-0.1, -0.05) is 36.4 Å². The quantitative estimate of drug-likeness (QED) is 0.715. The molecule has 4 nitrogen and oxygen atoms in total. The Bertz CT molecular complexity index is 992. The normalized spacial score (nSPS) is 15.5. The number of hydrogen-bond acceptors (Lipinski definition) is 3. The molecule has 27 heavy (non-hydrogen) atoms. The summed E-state index contributed by atoms with van der Waals surface area (Å²) >= 11 is 0. The molecule has 2 aromatic carbocycles. The second-order valence-electron chi connectivity index (χ2n) is 7.21. The minimum Gasteiger partial charge on any atom is -0.354 e. The van der Waals surface area contributed by atoms with Gasteiger partial charge in [0.15, 0.2) is 0 Å². The first kappa shape index (κ1) is 17.3. The van der Waals surface area contributed by atoms with Crippen molar-refractivity contribution in [2.75, 3.05) is 10.2 Å². The van der Waals surface area contributed by atoms with E-state index in [2.05, 4.69) is 49.3 Å². The maximum atomic E-state index is 13.2. The third-order valence-corrected chi connectivity index (χ3v) is 5.16. The summed E-state index contributed by atoms with van der Waals surface area (Å²) in [4.78, 5) is 19.4. The summed E-state index contributed by atoms with van der Waals surface area (Å²) in [5.74, 6) is -0.00916. The first-order valence-corrected chi connectivity index (χ1v) is 9.24. The molecule has 4 rings (SSSR count). The van der Waals surface area contributed by atoms with E-state index in [-0.39, 0.29) is 11.9 Å². The molecule has 1 aliphatic heterocycles. The van der Waals surface area contributed by atoms with Gasteiger partial charge in [-0.05, 0) is 56.0 Å². The monoisotopic (exact) mass is 357 g/mol. The molecule has 0 radical (unpaired) electrons. The molecule has 136 valence electrons. The van der Waals surface area contributed by atoms with E-state index < -0.39 is 0 Å². The van der Waals surface area contributed by atoms with Gasteiger partial charge >= 0.3 is 0 Å². The van der Waals surface area contributed by atoms with E-state index in [9.17, 15) is 4.79 Å². The molecule has 2 heterocycles. The molecule has 0 aliphatic carbocycles.